The van der Waals surface area contributed by atoms with Crippen molar-refractivity contribution < 1.29 is 14.3 Å². The van der Waals surface area contributed by atoms with E-state index in [1.54, 1.807) is 4.90 Å². The maximum absolute atomic E-state index is 12.5. The highest BCUT2D eigenvalue weighted by Gasteiger charge is 2.27. The Hall–Kier alpha value is -2.75. The summed E-state index contributed by atoms with van der Waals surface area (Å²) in [6.07, 6.45) is 1.51. The van der Waals surface area contributed by atoms with E-state index in [9.17, 15) is 9.59 Å². The van der Waals surface area contributed by atoms with Gasteiger partial charge in [0, 0.05) is 18.7 Å². The van der Waals surface area contributed by atoms with E-state index < -0.39 is 0 Å². The molecule has 1 atom stereocenters. The minimum atomic E-state index is -0.355. The molecule has 1 aliphatic heterocycles. The van der Waals surface area contributed by atoms with Crippen molar-refractivity contribution in [3.8, 4) is 17.1 Å². The molecule has 0 radical (unpaired) electrons. The summed E-state index contributed by atoms with van der Waals surface area (Å²) in [6, 6.07) is 7.40. The zero-order valence-corrected chi connectivity index (χ0v) is 16.5. The van der Waals surface area contributed by atoms with E-state index in [1.807, 2.05) is 31.2 Å². The lowest BCUT2D eigenvalue weighted by Crippen LogP contribution is -2.44. The molecule has 0 aliphatic carbocycles. The van der Waals surface area contributed by atoms with Crippen molar-refractivity contribution in [3.05, 3.63) is 24.3 Å². The van der Waals surface area contributed by atoms with Crippen LogP contribution in [0.4, 0.5) is 0 Å². The molecule has 1 saturated heterocycles. The van der Waals surface area contributed by atoms with Crippen molar-refractivity contribution in [2.45, 2.75) is 24.9 Å². The van der Waals surface area contributed by atoms with Crippen molar-refractivity contribution >= 4 is 23.6 Å². The Bertz CT molecular complexity index is 838. The predicted molar refractivity (Wildman–Crippen MR) is 106 cm³/mol. The van der Waals surface area contributed by atoms with Crippen LogP contribution < -0.4 is 16.3 Å². The average molecular weight is 404 g/mol. The normalized spacial score (nSPS) is 16.8. The number of hydrogen-bond acceptors (Lipinski definition) is 7. The van der Waals surface area contributed by atoms with Gasteiger partial charge in [-0.25, -0.2) is 4.68 Å². The lowest BCUT2D eigenvalue weighted by molar-refractivity contribution is -0.132. The van der Waals surface area contributed by atoms with Crippen molar-refractivity contribution in [2.75, 3.05) is 31.3 Å². The van der Waals surface area contributed by atoms with Crippen molar-refractivity contribution in [1.82, 2.24) is 19.8 Å². The highest BCUT2D eigenvalue weighted by molar-refractivity contribution is 7.99. The first-order chi connectivity index (χ1) is 13.5. The van der Waals surface area contributed by atoms with Gasteiger partial charge in [-0.1, -0.05) is 11.8 Å². The zero-order chi connectivity index (χ0) is 20.1. The fourth-order valence-corrected chi connectivity index (χ4v) is 3.85. The number of ether oxygens (including phenoxy) is 1. The minimum Gasteiger partial charge on any atom is -0.494 e. The molecule has 1 fully saturated rings. The van der Waals surface area contributed by atoms with Crippen LogP contribution in [0.5, 0.6) is 5.75 Å². The summed E-state index contributed by atoms with van der Waals surface area (Å²) in [5, 5.41) is 8.66. The van der Waals surface area contributed by atoms with Gasteiger partial charge in [0.25, 0.3) is 0 Å². The summed E-state index contributed by atoms with van der Waals surface area (Å²) in [4.78, 5) is 25.5. The Morgan fingerprint density at radius 2 is 2.04 bits per heavy atom. The van der Waals surface area contributed by atoms with Crippen LogP contribution in [0.2, 0.25) is 0 Å². The highest BCUT2D eigenvalue weighted by Crippen LogP contribution is 2.24. The van der Waals surface area contributed by atoms with Crippen LogP contribution in [0, 0.1) is 5.92 Å². The molecular formula is C18H24N6O3S. The van der Waals surface area contributed by atoms with Crippen LogP contribution in [0.25, 0.3) is 11.4 Å². The predicted octanol–water partition coefficient (Wildman–Crippen LogP) is 0.874. The van der Waals surface area contributed by atoms with Crippen LogP contribution >= 0.6 is 11.8 Å². The standard InChI is InChI=1S/C18H24N6O3S/c1-2-27-14-7-5-12(6-8-14)17-21-22-18(24(17)20)28-11-15(25)23-9-3-4-13(10-23)16(19)26/h5-8,13H,2-4,9-11,20H2,1H3,(H2,19,26). The quantitative estimate of drug-likeness (QED) is 0.517. The second kappa shape index (κ2) is 8.96. The summed E-state index contributed by atoms with van der Waals surface area (Å²) in [5.74, 6) is 6.86. The number of thioether (sulfide) groups is 1. The lowest BCUT2D eigenvalue weighted by Gasteiger charge is -2.31. The Morgan fingerprint density at radius 1 is 1.29 bits per heavy atom. The number of hydrogen-bond donors (Lipinski definition) is 2. The van der Waals surface area contributed by atoms with E-state index >= 15 is 0 Å². The number of nitrogens with zero attached hydrogens (tertiary/aromatic N) is 4. The van der Waals surface area contributed by atoms with E-state index in [0.717, 1.165) is 24.2 Å². The van der Waals surface area contributed by atoms with Gasteiger partial charge in [-0.05, 0) is 44.0 Å². The van der Waals surface area contributed by atoms with Crippen LogP contribution in [-0.4, -0.2) is 57.0 Å². The van der Waals surface area contributed by atoms with Gasteiger partial charge in [-0.2, -0.15) is 0 Å². The molecule has 0 bridgehead atoms. The Labute approximate surface area is 167 Å². The summed E-state index contributed by atoms with van der Waals surface area (Å²) >= 11 is 1.22. The molecule has 10 heteroatoms. The van der Waals surface area contributed by atoms with Gasteiger partial charge in [0.15, 0.2) is 5.82 Å². The maximum atomic E-state index is 12.5. The molecule has 0 spiro atoms. The molecule has 1 aromatic heterocycles. The molecule has 3 rings (SSSR count). The van der Waals surface area contributed by atoms with Crippen molar-refractivity contribution in [1.29, 1.82) is 0 Å². The monoisotopic (exact) mass is 404 g/mol. The molecule has 0 saturated carbocycles. The summed E-state index contributed by atoms with van der Waals surface area (Å²) < 4.78 is 6.80. The Balaban J connectivity index is 1.61. The van der Waals surface area contributed by atoms with E-state index in [4.69, 9.17) is 16.3 Å². The fourth-order valence-electron chi connectivity index (χ4n) is 3.09. The molecule has 150 valence electrons. The van der Waals surface area contributed by atoms with E-state index in [1.165, 1.54) is 16.4 Å². The molecule has 4 N–H and O–H groups in total. The van der Waals surface area contributed by atoms with Gasteiger partial charge in [0.1, 0.15) is 5.75 Å². The first-order valence-electron chi connectivity index (χ1n) is 9.13. The first kappa shape index (κ1) is 20.0. The zero-order valence-electron chi connectivity index (χ0n) is 15.7. The molecule has 1 unspecified atom stereocenters. The number of benzene rings is 1. The SMILES string of the molecule is CCOc1ccc(-c2nnc(SCC(=O)N3CCCC(C(N)=O)C3)n2N)cc1. The van der Waals surface area contributed by atoms with Gasteiger partial charge < -0.3 is 21.2 Å². The second-order valence-corrected chi connectivity index (χ2v) is 7.45. The van der Waals surface area contributed by atoms with Crippen LogP contribution in [0.15, 0.2) is 29.4 Å². The van der Waals surface area contributed by atoms with E-state index in [0.29, 0.717) is 30.7 Å². The van der Waals surface area contributed by atoms with Crippen LogP contribution in [0.3, 0.4) is 0 Å². The van der Waals surface area contributed by atoms with Gasteiger partial charge in [-0.15, -0.1) is 10.2 Å². The molecule has 2 aromatic rings. The van der Waals surface area contributed by atoms with E-state index in [-0.39, 0.29) is 23.5 Å². The van der Waals surface area contributed by atoms with Gasteiger partial charge >= 0.3 is 0 Å². The van der Waals surface area contributed by atoms with Gasteiger partial charge in [0.05, 0.1) is 18.3 Å². The topological polar surface area (TPSA) is 129 Å². The number of carbonyl (C=O) groups excluding carboxylic acids is 2. The number of aromatic nitrogens is 3. The number of carbonyl (C=O) groups is 2. The molecular weight excluding hydrogens is 380 g/mol. The maximum Gasteiger partial charge on any atom is 0.233 e. The summed E-state index contributed by atoms with van der Waals surface area (Å²) in [7, 11) is 0. The number of primary amides is 1. The van der Waals surface area contributed by atoms with Crippen LogP contribution in [0.1, 0.15) is 19.8 Å². The van der Waals surface area contributed by atoms with Crippen molar-refractivity contribution in [3.63, 3.8) is 0 Å². The van der Waals surface area contributed by atoms with Crippen LogP contribution in [-0.2, 0) is 9.59 Å². The number of likely N-dealkylation sites (tertiary alicyclic amines) is 1. The third kappa shape index (κ3) is 4.56. The van der Waals surface area contributed by atoms with Gasteiger partial charge in [-0.3, -0.25) is 9.59 Å². The first-order valence-corrected chi connectivity index (χ1v) is 10.1. The highest BCUT2D eigenvalue weighted by atomic mass is 32.2. The number of rotatable bonds is 7. The smallest absolute Gasteiger partial charge is 0.233 e. The number of amides is 2. The number of nitrogens with two attached hydrogens (primary N) is 2. The second-order valence-electron chi connectivity index (χ2n) is 6.50. The molecule has 2 heterocycles. The molecule has 9 nitrogen and oxygen atoms in total. The van der Waals surface area contributed by atoms with Crippen molar-refractivity contribution in [2.24, 2.45) is 11.7 Å². The molecule has 1 aromatic carbocycles. The number of piperidine rings is 1. The van der Waals surface area contributed by atoms with E-state index in [2.05, 4.69) is 10.2 Å². The largest absolute Gasteiger partial charge is 0.494 e. The summed E-state index contributed by atoms with van der Waals surface area (Å²) in [6.45, 7) is 3.53. The Kier molecular flexibility index (Phi) is 6.40. The fraction of sp³-hybridized carbons (Fsp3) is 0.444. The molecule has 28 heavy (non-hydrogen) atoms. The third-order valence-corrected chi connectivity index (χ3v) is 5.52. The summed E-state index contributed by atoms with van der Waals surface area (Å²) in [5.41, 5.74) is 6.17. The average Bonchev–Trinajstić information content (AvgIpc) is 3.07. The minimum absolute atomic E-state index is 0.0680. The van der Waals surface area contributed by atoms with Gasteiger partial charge in [0.2, 0.25) is 17.0 Å². The third-order valence-electron chi connectivity index (χ3n) is 4.59. The molecule has 1 aliphatic rings. The number of nitrogen functional groups attached to an aromatic ring is 1. The molecule has 2 amide bonds. The lowest BCUT2D eigenvalue weighted by atomic mass is 9.97. The Morgan fingerprint density at radius 3 is 2.71 bits per heavy atom.